The number of hydrogen-bond acceptors (Lipinski definition) is 7. The normalized spacial score (nSPS) is 16.3. The standard InChI is InChI=1S/C20H23N3O3S/c1-12-15-5-4-14(24)10-16(15)26-20(25)18(12)19-21-13(2)17(27-19)11-23-8-6-22(3)7-9-23/h4-5,10,24H,6-9,11H2,1-3H3. The molecule has 0 atom stereocenters. The summed E-state index contributed by atoms with van der Waals surface area (Å²) in [7, 11) is 2.15. The van der Waals surface area contributed by atoms with Gasteiger partial charge in [0.1, 0.15) is 16.3 Å². The van der Waals surface area contributed by atoms with Crippen molar-refractivity contribution >= 4 is 22.3 Å². The number of aromatic hydroxyl groups is 1. The Balaban J connectivity index is 1.70. The first-order chi connectivity index (χ1) is 12.9. The van der Waals surface area contributed by atoms with Crippen molar-refractivity contribution in [2.24, 2.45) is 0 Å². The highest BCUT2D eigenvalue weighted by atomic mass is 32.1. The second-order valence-corrected chi connectivity index (χ2v) is 8.26. The van der Waals surface area contributed by atoms with Gasteiger partial charge in [-0.1, -0.05) is 0 Å². The van der Waals surface area contributed by atoms with E-state index in [0.29, 0.717) is 16.2 Å². The molecule has 1 aliphatic heterocycles. The molecule has 0 aliphatic carbocycles. The first kappa shape index (κ1) is 18.2. The first-order valence-corrected chi connectivity index (χ1v) is 9.88. The van der Waals surface area contributed by atoms with Crippen LogP contribution in [0.2, 0.25) is 0 Å². The highest BCUT2D eigenvalue weighted by Crippen LogP contribution is 2.32. The number of piperazine rings is 1. The minimum absolute atomic E-state index is 0.0809. The lowest BCUT2D eigenvalue weighted by molar-refractivity contribution is 0.149. The number of rotatable bonds is 3. The fourth-order valence-corrected chi connectivity index (χ4v) is 4.68. The molecule has 1 fully saturated rings. The van der Waals surface area contributed by atoms with Crippen molar-refractivity contribution in [1.29, 1.82) is 0 Å². The molecule has 7 heteroatoms. The number of fused-ring (bicyclic) bond motifs is 1. The average Bonchev–Trinajstić information content (AvgIpc) is 2.96. The van der Waals surface area contributed by atoms with Crippen molar-refractivity contribution in [3.05, 3.63) is 44.8 Å². The van der Waals surface area contributed by atoms with Crippen LogP contribution >= 0.6 is 11.3 Å². The van der Waals surface area contributed by atoms with E-state index in [9.17, 15) is 9.90 Å². The molecule has 0 unspecified atom stereocenters. The molecule has 1 saturated heterocycles. The predicted octanol–water partition coefficient (Wildman–Crippen LogP) is 2.99. The Morgan fingerprint density at radius 2 is 1.96 bits per heavy atom. The summed E-state index contributed by atoms with van der Waals surface area (Å²) in [6, 6.07) is 4.85. The molecular weight excluding hydrogens is 362 g/mol. The van der Waals surface area contributed by atoms with E-state index in [0.717, 1.165) is 49.4 Å². The van der Waals surface area contributed by atoms with Crippen LogP contribution in [0, 0.1) is 13.8 Å². The van der Waals surface area contributed by atoms with Gasteiger partial charge in [-0.3, -0.25) is 4.90 Å². The number of benzene rings is 1. The van der Waals surface area contributed by atoms with Gasteiger partial charge in [0.15, 0.2) is 0 Å². The van der Waals surface area contributed by atoms with Gasteiger partial charge < -0.3 is 14.4 Å². The van der Waals surface area contributed by atoms with Gasteiger partial charge >= 0.3 is 5.63 Å². The zero-order valence-electron chi connectivity index (χ0n) is 15.8. The lowest BCUT2D eigenvalue weighted by atomic mass is 10.1. The van der Waals surface area contributed by atoms with Gasteiger partial charge in [0.2, 0.25) is 0 Å². The SMILES string of the molecule is Cc1nc(-c2c(C)c3ccc(O)cc3oc2=O)sc1CN1CCN(C)CC1. The van der Waals surface area contributed by atoms with Gasteiger partial charge in [-0.25, -0.2) is 9.78 Å². The number of aromatic nitrogens is 1. The summed E-state index contributed by atoms with van der Waals surface area (Å²) >= 11 is 1.57. The fourth-order valence-electron chi connectivity index (χ4n) is 3.48. The Hall–Kier alpha value is -2.22. The lowest BCUT2D eigenvalue weighted by Gasteiger charge is -2.32. The third kappa shape index (κ3) is 3.50. The van der Waals surface area contributed by atoms with E-state index >= 15 is 0 Å². The maximum absolute atomic E-state index is 12.6. The molecule has 3 aromatic rings. The van der Waals surface area contributed by atoms with Crippen LogP contribution in [-0.2, 0) is 6.54 Å². The van der Waals surface area contributed by atoms with Crippen molar-refractivity contribution in [3.63, 3.8) is 0 Å². The number of likely N-dealkylation sites (N-methyl/N-ethyl adjacent to an activating group) is 1. The third-order valence-corrected chi connectivity index (χ3v) is 6.38. The van der Waals surface area contributed by atoms with Crippen LogP contribution in [0.25, 0.3) is 21.5 Å². The highest BCUT2D eigenvalue weighted by molar-refractivity contribution is 7.15. The summed E-state index contributed by atoms with van der Waals surface area (Å²) in [5, 5.41) is 11.2. The molecule has 1 aromatic carbocycles. The van der Waals surface area contributed by atoms with Gasteiger partial charge in [-0.05, 0) is 38.6 Å². The van der Waals surface area contributed by atoms with Crippen LogP contribution < -0.4 is 5.63 Å². The largest absolute Gasteiger partial charge is 0.508 e. The fraction of sp³-hybridized carbons (Fsp3) is 0.400. The maximum atomic E-state index is 12.6. The number of phenolic OH excluding ortho intramolecular Hbond substituents is 1. The minimum Gasteiger partial charge on any atom is -0.508 e. The summed E-state index contributed by atoms with van der Waals surface area (Å²) in [5.74, 6) is 0.0809. The molecule has 6 nitrogen and oxygen atoms in total. The van der Waals surface area contributed by atoms with Crippen molar-refractivity contribution in [3.8, 4) is 16.3 Å². The van der Waals surface area contributed by atoms with Gasteiger partial charge in [0.05, 0.1) is 11.3 Å². The van der Waals surface area contributed by atoms with Crippen LogP contribution in [0.5, 0.6) is 5.75 Å². The maximum Gasteiger partial charge on any atom is 0.346 e. The zero-order valence-corrected chi connectivity index (χ0v) is 16.6. The zero-order chi connectivity index (χ0) is 19.1. The molecule has 0 bridgehead atoms. The van der Waals surface area contributed by atoms with Gasteiger partial charge in [0, 0.05) is 49.1 Å². The summed E-state index contributed by atoms with van der Waals surface area (Å²) in [6.45, 7) is 9.01. The van der Waals surface area contributed by atoms with E-state index in [1.165, 1.54) is 10.9 Å². The predicted molar refractivity (Wildman–Crippen MR) is 108 cm³/mol. The molecule has 0 saturated carbocycles. The van der Waals surface area contributed by atoms with Crippen LogP contribution in [0.4, 0.5) is 0 Å². The van der Waals surface area contributed by atoms with Gasteiger partial charge in [-0.2, -0.15) is 0 Å². The Labute approximate surface area is 161 Å². The van der Waals surface area contributed by atoms with Crippen molar-refractivity contribution < 1.29 is 9.52 Å². The Morgan fingerprint density at radius 1 is 1.22 bits per heavy atom. The van der Waals surface area contributed by atoms with E-state index in [-0.39, 0.29) is 5.75 Å². The minimum atomic E-state index is -0.412. The Bertz CT molecular complexity index is 1050. The van der Waals surface area contributed by atoms with E-state index < -0.39 is 5.63 Å². The Kier molecular flexibility index (Phi) is 4.75. The van der Waals surface area contributed by atoms with Crippen molar-refractivity contribution in [1.82, 2.24) is 14.8 Å². The van der Waals surface area contributed by atoms with E-state index in [1.54, 1.807) is 23.5 Å². The topological polar surface area (TPSA) is 69.8 Å². The lowest BCUT2D eigenvalue weighted by Crippen LogP contribution is -2.43. The molecule has 4 rings (SSSR count). The van der Waals surface area contributed by atoms with E-state index in [4.69, 9.17) is 4.42 Å². The number of nitrogens with zero attached hydrogens (tertiary/aromatic N) is 3. The van der Waals surface area contributed by atoms with Crippen LogP contribution in [0.1, 0.15) is 16.1 Å². The van der Waals surface area contributed by atoms with Crippen LogP contribution in [0.3, 0.4) is 0 Å². The van der Waals surface area contributed by atoms with Gasteiger partial charge in [-0.15, -0.1) is 11.3 Å². The molecule has 142 valence electrons. The molecule has 0 radical (unpaired) electrons. The Morgan fingerprint density at radius 3 is 2.70 bits per heavy atom. The summed E-state index contributed by atoms with van der Waals surface area (Å²) in [5.41, 5.74) is 2.31. The number of phenols is 1. The molecule has 0 amide bonds. The smallest absolute Gasteiger partial charge is 0.346 e. The summed E-state index contributed by atoms with van der Waals surface area (Å²) in [6.07, 6.45) is 0. The highest BCUT2D eigenvalue weighted by Gasteiger charge is 2.21. The average molecular weight is 385 g/mol. The second kappa shape index (κ2) is 7.07. The molecule has 0 spiro atoms. The molecule has 1 aliphatic rings. The number of aryl methyl sites for hydroxylation is 2. The van der Waals surface area contributed by atoms with Crippen molar-refractivity contribution in [2.45, 2.75) is 20.4 Å². The molecule has 27 heavy (non-hydrogen) atoms. The van der Waals surface area contributed by atoms with Crippen molar-refractivity contribution in [2.75, 3.05) is 33.2 Å². The number of thiazole rings is 1. The van der Waals surface area contributed by atoms with Gasteiger partial charge in [0.25, 0.3) is 0 Å². The molecule has 3 heterocycles. The quantitative estimate of drug-likeness (QED) is 0.699. The first-order valence-electron chi connectivity index (χ1n) is 9.06. The molecule has 2 aromatic heterocycles. The van der Waals surface area contributed by atoms with E-state index in [2.05, 4.69) is 21.8 Å². The van der Waals surface area contributed by atoms with Crippen LogP contribution in [0.15, 0.2) is 27.4 Å². The van der Waals surface area contributed by atoms with Crippen LogP contribution in [-0.4, -0.2) is 53.1 Å². The second-order valence-electron chi connectivity index (χ2n) is 7.18. The van der Waals surface area contributed by atoms with E-state index in [1.807, 2.05) is 13.8 Å². The summed E-state index contributed by atoms with van der Waals surface area (Å²) < 4.78 is 5.45. The molecular formula is C20H23N3O3S. The third-order valence-electron chi connectivity index (χ3n) is 5.22. The number of hydrogen-bond donors (Lipinski definition) is 1. The monoisotopic (exact) mass is 385 g/mol. The molecule has 1 N–H and O–H groups in total. The summed E-state index contributed by atoms with van der Waals surface area (Å²) in [4.78, 5) is 23.3.